The zero-order valence-corrected chi connectivity index (χ0v) is 24.6. The minimum absolute atomic E-state index is 0. The van der Waals surface area contributed by atoms with Crippen LogP contribution in [-0.4, -0.2) is 28.5 Å². The van der Waals surface area contributed by atoms with Gasteiger partial charge in [0.15, 0.2) is 0 Å². The summed E-state index contributed by atoms with van der Waals surface area (Å²) < 4.78 is 19.1. The number of rotatable bonds is 8. The third-order valence-electron chi connectivity index (χ3n) is 7.14. The van der Waals surface area contributed by atoms with Crippen molar-refractivity contribution in [3.05, 3.63) is 113 Å². The Hall–Kier alpha value is -3.72. The first-order valence-electron chi connectivity index (χ1n) is 13.1. The molecular weight excluding hydrogens is 564 g/mol. The maximum absolute atomic E-state index is 13.5. The Labute approximate surface area is 252 Å². The minimum Gasteiger partial charge on any atom is -0.458 e. The molecule has 0 saturated carbocycles. The number of carbonyl (C=O) groups is 1. The Kier molecular flexibility index (Phi) is 11.1. The fourth-order valence-electron chi connectivity index (χ4n) is 4.95. The number of halogens is 3. The topological polar surface area (TPSA) is 93.4 Å². The highest BCUT2D eigenvalue weighted by Crippen LogP contribution is 2.35. The van der Waals surface area contributed by atoms with Crippen molar-refractivity contribution in [2.24, 2.45) is 5.73 Å². The van der Waals surface area contributed by atoms with Crippen molar-refractivity contribution in [1.82, 2.24) is 9.97 Å². The van der Waals surface area contributed by atoms with Crippen molar-refractivity contribution < 1.29 is 13.9 Å². The molecule has 0 fully saturated rings. The van der Waals surface area contributed by atoms with Crippen molar-refractivity contribution in [1.29, 1.82) is 0 Å². The largest absolute Gasteiger partial charge is 0.458 e. The van der Waals surface area contributed by atoms with E-state index in [1.807, 2.05) is 37.3 Å². The third-order valence-corrected chi connectivity index (χ3v) is 7.14. The molecule has 4 aromatic rings. The highest BCUT2D eigenvalue weighted by Gasteiger charge is 2.28. The van der Waals surface area contributed by atoms with Gasteiger partial charge < -0.3 is 20.7 Å². The lowest BCUT2D eigenvalue weighted by Gasteiger charge is -2.37. The number of fused-ring (bicyclic) bond motifs is 1. The fourth-order valence-corrected chi connectivity index (χ4v) is 4.95. The third kappa shape index (κ3) is 7.52. The molecule has 0 saturated heterocycles. The van der Waals surface area contributed by atoms with E-state index in [1.54, 1.807) is 12.1 Å². The quantitative estimate of drug-likeness (QED) is 0.232. The van der Waals surface area contributed by atoms with Gasteiger partial charge in [-0.15, -0.1) is 24.8 Å². The van der Waals surface area contributed by atoms with Crippen LogP contribution in [0.1, 0.15) is 40.9 Å². The molecule has 3 aromatic carbocycles. The van der Waals surface area contributed by atoms with E-state index in [4.69, 9.17) is 15.5 Å². The van der Waals surface area contributed by atoms with Gasteiger partial charge in [0.1, 0.15) is 24.3 Å². The Balaban J connectivity index is 0.00000231. The van der Waals surface area contributed by atoms with Gasteiger partial charge >= 0.3 is 5.97 Å². The Bertz CT molecular complexity index is 1460. The average molecular weight is 599 g/mol. The Morgan fingerprint density at radius 1 is 1.05 bits per heavy atom. The standard InChI is InChI=1S/C31H32FN5O2.2ClH/c1-20-28(19-39-30(38)27(33)18-22-8-4-3-5-9-22)35-31(34-25-14-12-24(32)13-15-25)36-29(20)37-17-16-23-10-6-7-11-26(23)21(37)2;;/h3-15,21,27H,16-19,33H2,1-2H3,(H,34,35,36);2*1H. The molecule has 0 bridgehead atoms. The van der Waals surface area contributed by atoms with Crippen LogP contribution in [0.15, 0.2) is 78.9 Å². The van der Waals surface area contributed by atoms with Gasteiger partial charge in [0, 0.05) is 17.8 Å². The van der Waals surface area contributed by atoms with Crippen LogP contribution in [0.2, 0.25) is 0 Å². The van der Waals surface area contributed by atoms with Gasteiger partial charge in [-0.05, 0) is 67.6 Å². The van der Waals surface area contributed by atoms with Gasteiger partial charge in [-0.1, -0.05) is 54.6 Å². The second kappa shape index (κ2) is 14.3. The number of nitrogens with one attached hydrogen (secondary N) is 1. The highest BCUT2D eigenvalue weighted by atomic mass is 35.5. The zero-order valence-electron chi connectivity index (χ0n) is 22.9. The molecule has 5 rings (SSSR count). The summed E-state index contributed by atoms with van der Waals surface area (Å²) >= 11 is 0. The van der Waals surface area contributed by atoms with Crippen molar-refractivity contribution in [2.75, 3.05) is 16.8 Å². The second-order valence-corrected chi connectivity index (χ2v) is 9.80. The summed E-state index contributed by atoms with van der Waals surface area (Å²) in [5.74, 6) is 0.280. The summed E-state index contributed by atoms with van der Waals surface area (Å²) in [6.45, 7) is 4.85. The number of benzene rings is 3. The first-order valence-corrected chi connectivity index (χ1v) is 13.1. The van der Waals surface area contributed by atoms with E-state index in [1.165, 1.54) is 23.3 Å². The van der Waals surface area contributed by atoms with Crippen LogP contribution in [0.4, 0.5) is 21.8 Å². The van der Waals surface area contributed by atoms with Crippen LogP contribution < -0.4 is 16.0 Å². The van der Waals surface area contributed by atoms with Crippen molar-refractivity contribution in [3.8, 4) is 0 Å². The summed E-state index contributed by atoms with van der Waals surface area (Å²) in [6, 6.07) is 23.3. The molecule has 1 aliphatic rings. The van der Waals surface area contributed by atoms with Crippen LogP contribution >= 0.6 is 24.8 Å². The van der Waals surface area contributed by atoms with E-state index in [-0.39, 0.29) is 43.3 Å². The average Bonchev–Trinajstić information content (AvgIpc) is 2.95. The van der Waals surface area contributed by atoms with E-state index in [2.05, 4.69) is 46.4 Å². The molecule has 0 amide bonds. The zero-order chi connectivity index (χ0) is 27.4. The fraction of sp³-hybridized carbons (Fsp3) is 0.258. The molecule has 2 atom stereocenters. The van der Waals surface area contributed by atoms with Gasteiger partial charge in [-0.25, -0.2) is 9.37 Å². The van der Waals surface area contributed by atoms with Gasteiger partial charge in [-0.3, -0.25) is 4.79 Å². The van der Waals surface area contributed by atoms with Gasteiger partial charge in [-0.2, -0.15) is 4.98 Å². The SMILES string of the molecule is Cc1c(COC(=O)C(N)Cc2ccccc2)nc(Nc2ccc(F)cc2)nc1N1CCc2ccccc2C1C.Cl.Cl. The van der Waals surface area contributed by atoms with E-state index in [0.717, 1.165) is 29.9 Å². The number of anilines is 3. The van der Waals surface area contributed by atoms with Crippen molar-refractivity contribution in [2.45, 2.75) is 45.4 Å². The van der Waals surface area contributed by atoms with Crippen LogP contribution in [0.5, 0.6) is 0 Å². The Morgan fingerprint density at radius 2 is 1.73 bits per heavy atom. The number of hydrogen-bond acceptors (Lipinski definition) is 7. The number of aromatic nitrogens is 2. The molecule has 2 heterocycles. The molecule has 3 N–H and O–H groups in total. The lowest BCUT2D eigenvalue weighted by atomic mass is 9.93. The predicted octanol–water partition coefficient (Wildman–Crippen LogP) is 6.25. The maximum Gasteiger partial charge on any atom is 0.323 e. The summed E-state index contributed by atoms with van der Waals surface area (Å²) in [6.07, 6.45) is 1.28. The summed E-state index contributed by atoms with van der Waals surface area (Å²) in [4.78, 5) is 24.5. The molecule has 216 valence electrons. The van der Waals surface area contributed by atoms with Gasteiger partial charge in [0.2, 0.25) is 5.95 Å². The first kappa shape index (κ1) is 31.8. The lowest BCUT2D eigenvalue weighted by Crippen LogP contribution is -2.36. The molecule has 1 aromatic heterocycles. The van der Waals surface area contributed by atoms with Gasteiger partial charge in [0.05, 0.1) is 11.7 Å². The van der Waals surface area contributed by atoms with Crippen LogP contribution in [0.3, 0.4) is 0 Å². The predicted molar refractivity (Wildman–Crippen MR) is 165 cm³/mol. The molecule has 0 spiro atoms. The molecule has 1 aliphatic heterocycles. The first-order chi connectivity index (χ1) is 18.9. The molecule has 0 aliphatic carbocycles. The summed E-state index contributed by atoms with van der Waals surface area (Å²) in [5, 5.41) is 3.17. The normalized spacial score (nSPS) is 14.6. The smallest absolute Gasteiger partial charge is 0.323 e. The van der Waals surface area contributed by atoms with Gasteiger partial charge in [0.25, 0.3) is 0 Å². The van der Waals surface area contributed by atoms with Crippen molar-refractivity contribution >= 4 is 48.2 Å². The number of nitrogens with zero attached hydrogens (tertiary/aromatic N) is 3. The molecule has 0 radical (unpaired) electrons. The van der Waals surface area contributed by atoms with E-state index >= 15 is 0 Å². The number of hydrogen-bond donors (Lipinski definition) is 2. The number of nitrogens with two attached hydrogens (primary N) is 1. The number of carbonyl (C=O) groups excluding carboxylic acids is 1. The van der Waals surface area contributed by atoms with E-state index < -0.39 is 12.0 Å². The van der Waals surface area contributed by atoms with E-state index in [9.17, 15) is 9.18 Å². The lowest BCUT2D eigenvalue weighted by molar-refractivity contribution is -0.146. The molecular formula is C31H34Cl2FN5O2. The minimum atomic E-state index is -0.788. The van der Waals surface area contributed by atoms with Crippen LogP contribution in [0, 0.1) is 12.7 Å². The highest BCUT2D eigenvalue weighted by molar-refractivity contribution is 5.85. The monoisotopic (exact) mass is 597 g/mol. The second-order valence-electron chi connectivity index (χ2n) is 9.80. The number of ether oxygens (including phenoxy) is 1. The van der Waals surface area contributed by atoms with E-state index in [0.29, 0.717) is 23.8 Å². The van der Waals surface area contributed by atoms with Crippen molar-refractivity contribution in [3.63, 3.8) is 0 Å². The Morgan fingerprint density at radius 3 is 2.46 bits per heavy atom. The molecule has 7 nitrogen and oxygen atoms in total. The molecule has 41 heavy (non-hydrogen) atoms. The van der Waals surface area contributed by atoms with Crippen LogP contribution in [0.25, 0.3) is 0 Å². The van der Waals surface area contributed by atoms with Crippen LogP contribution in [-0.2, 0) is 29.0 Å². The summed E-state index contributed by atoms with van der Waals surface area (Å²) in [7, 11) is 0. The summed E-state index contributed by atoms with van der Waals surface area (Å²) in [5.41, 5.74) is 11.8. The molecule has 2 unspecified atom stereocenters. The molecule has 10 heteroatoms. The number of esters is 1. The maximum atomic E-state index is 13.5.